The summed E-state index contributed by atoms with van der Waals surface area (Å²) in [6.07, 6.45) is 13.2. The monoisotopic (exact) mass is 194 g/mol. The van der Waals surface area contributed by atoms with Crippen LogP contribution in [0.15, 0.2) is 12.2 Å². The Bertz CT molecular complexity index is 157. The molecule has 0 aromatic heterocycles. The molecule has 0 amide bonds. The van der Waals surface area contributed by atoms with Gasteiger partial charge in [-0.2, -0.15) is 0 Å². The second-order valence-corrected chi connectivity index (χ2v) is 4.78. The number of allylic oxidation sites excluding steroid dienone is 2. The number of rotatable bonds is 4. The normalized spacial score (nSPS) is 28.9. The van der Waals surface area contributed by atoms with Crippen LogP contribution in [0.25, 0.3) is 0 Å². The van der Waals surface area contributed by atoms with Crippen LogP contribution in [-0.4, -0.2) is 0 Å². The lowest BCUT2D eigenvalue weighted by molar-refractivity contribution is 0.213. The average molecular weight is 194 g/mol. The second-order valence-electron chi connectivity index (χ2n) is 4.78. The van der Waals surface area contributed by atoms with Gasteiger partial charge in [-0.05, 0) is 50.4 Å². The van der Waals surface area contributed by atoms with Gasteiger partial charge in [0.1, 0.15) is 0 Å². The molecule has 0 aliphatic heterocycles. The molecule has 0 heteroatoms. The molecule has 1 aliphatic carbocycles. The molecule has 0 heterocycles. The van der Waals surface area contributed by atoms with Crippen LogP contribution < -0.4 is 0 Å². The fraction of sp³-hybridized carbons (Fsp3) is 0.857. The van der Waals surface area contributed by atoms with Gasteiger partial charge in [-0.25, -0.2) is 0 Å². The summed E-state index contributed by atoms with van der Waals surface area (Å²) in [5.74, 6) is 2.93. The molecule has 14 heavy (non-hydrogen) atoms. The van der Waals surface area contributed by atoms with Gasteiger partial charge in [-0.3, -0.25) is 0 Å². The molecular weight excluding hydrogens is 168 g/mol. The lowest BCUT2D eigenvalue weighted by Crippen LogP contribution is -2.20. The van der Waals surface area contributed by atoms with Gasteiger partial charge in [0.15, 0.2) is 0 Å². The minimum absolute atomic E-state index is 0.894. The lowest BCUT2D eigenvalue weighted by atomic mass is 9.74. The van der Waals surface area contributed by atoms with Crippen LogP contribution in [0.2, 0.25) is 0 Å². The Morgan fingerprint density at radius 1 is 1.07 bits per heavy atom. The van der Waals surface area contributed by atoms with Crippen molar-refractivity contribution >= 4 is 0 Å². The summed E-state index contributed by atoms with van der Waals surface area (Å²) in [6, 6.07) is 0. The van der Waals surface area contributed by atoms with Crippen LogP contribution in [0.5, 0.6) is 0 Å². The first-order valence-electron chi connectivity index (χ1n) is 6.44. The van der Waals surface area contributed by atoms with Gasteiger partial charge in [0, 0.05) is 0 Å². The average Bonchev–Trinajstić information content (AvgIpc) is 2.23. The minimum Gasteiger partial charge on any atom is -0.0914 e. The Labute approximate surface area is 89.8 Å². The van der Waals surface area contributed by atoms with Crippen molar-refractivity contribution in [2.45, 2.75) is 59.3 Å². The van der Waals surface area contributed by atoms with Crippen LogP contribution in [0.4, 0.5) is 0 Å². The van der Waals surface area contributed by atoms with Gasteiger partial charge in [-0.1, -0.05) is 38.8 Å². The van der Waals surface area contributed by atoms with Crippen molar-refractivity contribution in [1.29, 1.82) is 0 Å². The van der Waals surface area contributed by atoms with E-state index in [4.69, 9.17) is 0 Å². The summed E-state index contributed by atoms with van der Waals surface area (Å²) in [6.45, 7) is 6.85. The third kappa shape index (κ3) is 3.15. The van der Waals surface area contributed by atoms with Crippen LogP contribution in [0.1, 0.15) is 59.3 Å². The first kappa shape index (κ1) is 11.8. The fourth-order valence-corrected chi connectivity index (χ4v) is 3.04. The topological polar surface area (TPSA) is 0 Å². The van der Waals surface area contributed by atoms with Crippen molar-refractivity contribution < 1.29 is 0 Å². The predicted octanol–water partition coefficient (Wildman–Crippen LogP) is 4.81. The zero-order valence-electron chi connectivity index (χ0n) is 10.1. The van der Waals surface area contributed by atoms with E-state index in [1.807, 2.05) is 0 Å². The third-order valence-corrected chi connectivity index (χ3v) is 4.00. The summed E-state index contributed by atoms with van der Waals surface area (Å²) in [5, 5.41) is 0. The largest absolute Gasteiger partial charge is 0.0914 e. The van der Waals surface area contributed by atoms with E-state index in [0.29, 0.717) is 0 Å². The van der Waals surface area contributed by atoms with Crippen molar-refractivity contribution in [1.82, 2.24) is 0 Å². The van der Waals surface area contributed by atoms with Crippen molar-refractivity contribution in [3.8, 4) is 0 Å². The van der Waals surface area contributed by atoms with Crippen molar-refractivity contribution in [3.05, 3.63) is 12.2 Å². The smallest absolute Gasteiger partial charge is 0.0233 e. The van der Waals surface area contributed by atoms with E-state index in [-0.39, 0.29) is 0 Å². The van der Waals surface area contributed by atoms with Gasteiger partial charge in [0.05, 0.1) is 0 Å². The molecule has 0 N–H and O–H groups in total. The molecule has 0 atom stereocenters. The van der Waals surface area contributed by atoms with Gasteiger partial charge < -0.3 is 0 Å². The third-order valence-electron chi connectivity index (χ3n) is 4.00. The molecule has 0 aromatic rings. The molecule has 1 saturated carbocycles. The summed E-state index contributed by atoms with van der Waals surface area (Å²) in [7, 11) is 0. The molecule has 82 valence electrons. The van der Waals surface area contributed by atoms with E-state index in [1.165, 1.54) is 38.5 Å². The Balaban J connectivity index is 2.34. The quantitative estimate of drug-likeness (QED) is 0.564. The van der Waals surface area contributed by atoms with Crippen LogP contribution in [0.3, 0.4) is 0 Å². The Kier molecular flexibility index (Phi) is 5.29. The maximum Gasteiger partial charge on any atom is -0.0233 e. The minimum atomic E-state index is 0.894. The van der Waals surface area contributed by atoms with Crippen LogP contribution in [0, 0.1) is 17.8 Å². The number of hydrogen-bond acceptors (Lipinski definition) is 0. The van der Waals surface area contributed by atoms with Crippen molar-refractivity contribution in [3.63, 3.8) is 0 Å². The van der Waals surface area contributed by atoms with Crippen molar-refractivity contribution in [2.75, 3.05) is 0 Å². The maximum absolute atomic E-state index is 2.41. The predicted molar refractivity (Wildman–Crippen MR) is 64.3 cm³/mol. The van der Waals surface area contributed by atoms with E-state index in [9.17, 15) is 0 Å². The highest BCUT2D eigenvalue weighted by molar-refractivity contribution is 4.89. The first-order valence-corrected chi connectivity index (χ1v) is 6.44. The SMILES string of the molecule is CC=CC1CCC(C(CC)CC)CC1. The molecule has 0 saturated heterocycles. The zero-order valence-corrected chi connectivity index (χ0v) is 10.1. The molecule has 1 fully saturated rings. The molecule has 1 aliphatic rings. The van der Waals surface area contributed by atoms with Crippen LogP contribution >= 0.6 is 0 Å². The Morgan fingerprint density at radius 3 is 2.07 bits per heavy atom. The van der Waals surface area contributed by atoms with Gasteiger partial charge >= 0.3 is 0 Å². The van der Waals surface area contributed by atoms with E-state index in [1.54, 1.807) is 0 Å². The van der Waals surface area contributed by atoms with E-state index >= 15 is 0 Å². The summed E-state index contributed by atoms with van der Waals surface area (Å²) >= 11 is 0. The summed E-state index contributed by atoms with van der Waals surface area (Å²) < 4.78 is 0. The summed E-state index contributed by atoms with van der Waals surface area (Å²) in [5.41, 5.74) is 0. The number of hydrogen-bond donors (Lipinski definition) is 0. The van der Waals surface area contributed by atoms with E-state index in [2.05, 4.69) is 32.9 Å². The van der Waals surface area contributed by atoms with Crippen LogP contribution in [-0.2, 0) is 0 Å². The molecule has 0 nitrogen and oxygen atoms in total. The molecule has 0 radical (unpaired) electrons. The Hall–Kier alpha value is -0.260. The molecular formula is C14H26. The van der Waals surface area contributed by atoms with E-state index in [0.717, 1.165) is 17.8 Å². The standard InChI is InChI=1S/C14H26/c1-4-7-12-8-10-14(11-9-12)13(5-2)6-3/h4,7,12-14H,5-6,8-11H2,1-3H3. The first-order chi connectivity index (χ1) is 6.81. The lowest BCUT2D eigenvalue weighted by Gasteiger charge is -2.32. The highest BCUT2D eigenvalue weighted by atomic mass is 14.3. The van der Waals surface area contributed by atoms with Crippen molar-refractivity contribution in [2.24, 2.45) is 17.8 Å². The second kappa shape index (κ2) is 6.27. The molecule has 0 aromatic carbocycles. The van der Waals surface area contributed by atoms with Gasteiger partial charge in [0.25, 0.3) is 0 Å². The molecule has 0 unspecified atom stereocenters. The molecule has 0 bridgehead atoms. The highest BCUT2D eigenvalue weighted by Gasteiger charge is 2.24. The fourth-order valence-electron chi connectivity index (χ4n) is 3.04. The van der Waals surface area contributed by atoms with E-state index < -0.39 is 0 Å². The van der Waals surface area contributed by atoms with Gasteiger partial charge in [-0.15, -0.1) is 0 Å². The molecule has 1 rings (SSSR count). The highest BCUT2D eigenvalue weighted by Crippen LogP contribution is 2.36. The maximum atomic E-state index is 2.41. The zero-order chi connectivity index (χ0) is 10.4. The summed E-state index contributed by atoms with van der Waals surface area (Å²) in [4.78, 5) is 0. The Morgan fingerprint density at radius 2 is 1.64 bits per heavy atom. The van der Waals surface area contributed by atoms with Gasteiger partial charge in [0.2, 0.25) is 0 Å². The molecule has 0 spiro atoms.